The Morgan fingerprint density at radius 1 is 0.870 bits per heavy atom. The van der Waals surface area contributed by atoms with Crippen LogP contribution in [0, 0.1) is 5.92 Å². The molecule has 3 aliphatic heterocycles. The Morgan fingerprint density at radius 3 is 1.91 bits per heavy atom. The van der Waals surface area contributed by atoms with Crippen molar-refractivity contribution in [2.24, 2.45) is 11.1 Å². The molecule has 0 spiro atoms. The number of hydrogen-bond donors (Lipinski definition) is 0. The van der Waals surface area contributed by atoms with Gasteiger partial charge in [-0.15, -0.1) is 0 Å². The minimum absolute atomic E-state index is 0.139. The SMILES string of the molecule is c1ccc(C(ON=C2CN3CCC2CC3)c2ccccc2)cc1. The molecule has 3 nitrogen and oxygen atoms in total. The zero-order chi connectivity index (χ0) is 15.5. The Labute approximate surface area is 137 Å². The lowest BCUT2D eigenvalue weighted by atomic mass is 9.87. The van der Waals surface area contributed by atoms with Gasteiger partial charge < -0.3 is 4.84 Å². The number of piperidine rings is 3. The maximum atomic E-state index is 6.07. The highest BCUT2D eigenvalue weighted by Crippen LogP contribution is 2.29. The maximum Gasteiger partial charge on any atom is 0.177 e. The van der Waals surface area contributed by atoms with Crippen LogP contribution in [0.2, 0.25) is 0 Å². The first-order chi connectivity index (χ1) is 11.4. The van der Waals surface area contributed by atoms with Gasteiger partial charge in [-0.3, -0.25) is 4.90 Å². The van der Waals surface area contributed by atoms with Crippen LogP contribution < -0.4 is 0 Å². The molecule has 2 bridgehead atoms. The fourth-order valence-electron chi connectivity index (χ4n) is 3.58. The van der Waals surface area contributed by atoms with E-state index < -0.39 is 0 Å². The van der Waals surface area contributed by atoms with Crippen LogP contribution in [0.4, 0.5) is 0 Å². The average Bonchev–Trinajstić information content (AvgIpc) is 2.65. The molecule has 0 aliphatic carbocycles. The molecule has 0 aromatic heterocycles. The topological polar surface area (TPSA) is 24.8 Å². The van der Waals surface area contributed by atoms with Crippen LogP contribution in [0.5, 0.6) is 0 Å². The maximum absolute atomic E-state index is 6.07. The molecule has 3 fully saturated rings. The van der Waals surface area contributed by atoms with E-state index in [0.29, 0.717) is 5.92 Å². The summed E-state index contributed by atoms with van der Waals surface area (Å²) in [6.07, 6.45) is 2.31. The molecule has 3 saturated heterocycles. The molecule has 5 rings (SSSR count). The number of benzene rings is 2. The smallest absolute Gasteiger partial charge is 0.177 e. The first-order valence-corrected chi connectivity index (χ1v) is 8.45. The van der Waals surface area contributed by atoms with E-state index in [4.69, 9.17) is 4.84 Å². The third-order valence-corrected chi connectivity index (χ3v) is 4.92. The molecule has 0 N–H and O–H groups in total. The summed E-state index contributed by atoms with van der Waals surface area (Å²) < 4.78 is 0. The van der Waals surface area contributed by atoms with Gasteiger partial charge in [-0.1, -0.05) is 65.8 Å². The van der Waals surface area contributed by atoms with Gasteiger partial charge in [-0.25, -0.2) is 0 Å². The van der Waals surface area contributed by atoms with Crippen molar-refractivity contribution < 1.29 is 4.84 Å². The van der Waals surface area contributed by atoms with Gasteiger partial charge in [0.1, 0.15) is 0 Å². The van der Waals surface area contributed by atoms with Gasteiger partial charge in [0.05, 0.1) is 5.71 Å². The molecule has 2 aromatic rings. The van der Waals surface area contributed by atoms with Gasteiger partial charge in [0.15, 0.2) is 6.10 Å². The number of hydrogen-bond acceptors (Lipinski definition) is 3. The summed E-state index contributed by atoms with van der Waals surface area (Å²) in [4.78, 5) is 8.54. The largest absolute Gasteiger partial charge is 0.383 e. The molecule has 23 heavy (non-hydrogen) atoms. The highest BCUT2D eigenvalue weighted by Gasteiger charge is 2.31. The summed E-state index contributed by atoms with van der Waals surface area (Å²) in [5.74, 6) is 0.618. The van der Waals surface area contributed by atoms with Crippen molar-refractivity contribution in [1.29, 1.82) is 0 Å². The highest BCUT2D eigenvalue weighted by atomic mass is 16.6. The van der Waals surface area contributed by atoms with Crippen LogP contribution in [0.25, 0.3) is 0 Å². The number of nitrogens with zero attached hydrogens (tertiary/aromatic N) is 2. The van der Waals surface area contributed by atoms with Crippen LogP contribution >= 0.6 is 0 Å². The minimum Gasteiger partial charge on any atom is -0.383 e. The summed E-state index contributed by atoms with van der Waals surface area (Å²) in [5, 5.41) is 4.59. The first kappa shape index (κ1) is 14.5. The molecule has 3 aliphatic rings. The zero-order valence-corrected chi connectivity index (χ0v) is 13.3. The van der Waals surface area contributed by atoms with Crippen LogP contribution in [0.15, 0.2) is 65.8 Å². The summed E-state index contributed by atoms with van der Waals surface area (Å²) >= 11 is 0. The van der Waals surface area contributed by atoms with E-state index in [1.807, 2.05) is 12.1 Å². The van der Waals surface area contributed by atoms with Crippen LogP contribution in [-0.2, 0) is 4.84 Å². The fraction of sp³-hybridized carbons (Fsp3) is 0.350. The van der Waals surface area contributed by atoms with E-state index in [2.05, 4.69) is 58.6 Å². The summed E-state index contributed by atoms with van der Waals surface area (Å²) in [6.45, 7) is 3.40. The van der Waals surface area contributed by atoms with Crippen molar-refractivity contribution >= 4 is 5.71 Å². The predicted octanol–water partition coefficient (Wildman–Crippen LogP) is 3.87. The molecule has 3 heterocycles. The summed E-state index contributed by atoms with van der Waals surface area (Å²) in [5.41, 5.74) is 3.51. The summed E-state index contributed by atoms with van der Waals surface area (Å²) in [7, 11) is 0. The normalized spacial score (nSPS) is 25.0. The monoisotopic (exact) mass is 306 g/mol. The van der Waals surface area contributed by atoms with E-state index in [-0.39, 0.29) is 6.10 Å². The molecule has 0 atom stereocenters. The molecule has 0 saturated carbocycles. The minimum atomic E-state index is -0.139. The number of rotatable bonds is 4. The predicted molar refractivity (Wildman–Crippen MR) is 92.4 cm³/mol. The van der Waals surface area contributed by atoms with E-state index in [1.54, 1.807) is 0 Å². The quantitative estimate of drug-likeness (QED) is 0.801. The molecule has 3 heteroatoms. The Morgan fingerprint density at radius 2 is 1.43 bits per heavy atom. The zero-order valence-electron chi connectivity index (χ0n) is 13.3. The van der Waals surface area contributed by atoms with E-state index in [9.17, 15) is 0 Å². The summed E-state index contributed by atoms with van der Waals surface area (Å²) in [6, 6.07) is 20.7. The molecule has 0 radical (unpaired) electrons. The van der Waals surface area contributed by atoms with Crippen LogP contribution in [-0.4, -0.2) is 30.2 Å². The van der Waals surface area contributed by atoms with Crippen LogP contribution in [0.3, 0.4) is 0 Å². The van der Waals surface area contributed by atoms with Gasteiger partial charge >= 0.3 is 0 Å². The van der Waals surface area contributed by atoms with E-state index in [0.717, 1.165) is 17.7 Å². The molecule has 0 amide bonds. The molecule has 0 unspecified atom stereocenters. The lowest BCUT2D eigenvalue weighted by Crippen LogP contribution is -2.48. The van der Waals surface area contributed by atoms with Crippen molar-refractivity contribution in [1.82, 2.24) is 4.90 Å². The van der Waals surface area contributed by atoms with Crippen molar-refractivity contribution in [3.8, 4) is 0 Å². The van der Waals surface area contributed by atoms with Gasteiger partial charge in [-0.05, 0) is 37.1 Å². The average molecular weight is 306 g/mol. The van der Waals surface area contributed by atoms with Crippen molar-refractivity contribution in [3.63, 3.8) is 0 Å². The van der Waals surface area contributed by atoms with Gasteiger partial charge in [0.25, 0.3) is 0 Å². The third kappa shape index (κ3) is 3.15. The van der Waals surface area contributed by atoms with Crippen molar-refractivity contribution in [3.05, 3.63) is 71.8 Å². The van der Waals surface area contributed by atoms with E-state index in [1.165, 1.54) is 31.6 Å². The van der Waals surface area contributed by atoms with Gasteiger partial charge in [-0.2, -0.15) is 0 Å². The number of oxime groups is 1. The highest BCUT2D eigenvalue weighted by molar-refractivity contribution is 5.89. The molecular weight excluding hydrogens is 284 g/mol. The lowest BCUT2D eigenvalue weighted by Gasteiger charge is -2.39. The van der Waals surface area contributed by atoms with E-state index >= 15 is 0 Å². The van der Waals surface area contributed by atoms with Crippen molar-refractivity contribution in [2.75, 3.05) is 19.6 Å². The first-order valence-electron chi connectivity index (χ1n) is 8.45. The molecule has 118 valence electrons. The Hall–Kier alpha value is -2.13. The second kappa shape index (κ2) is 6.55. The Balaban J connectivity index is 1.59. The Bertz CT molecular complexity index is 621. The second-order valence-corrected chi connectivity index (χ2v) is 6.44. The molecular formula is C20H22N2O. The second-order valence-electron chi connectivity index (χ2n) is 6.44. The Kier molecular flexibility index (Phi) is 4.12. The van der Waals surface area contributed by atoms with Crippen molar-refractivity contribution in [2.45, 2.75) is 18.9 Å². The standard InChI is InChI=1S/C20H22N2O/c1-3-7-17(8-4-1)20(18-9-5-2-6-10-18)23-21-19-15-22-13-11-16(19)12-14-22/h1-10,16,20H,11-15H2. The number of fused-ring (bicyclic) bond motifs is 3. The van der Waals surface area contributed by atoms with Crippen LogP contribution in [0.1, 0.15) is 30.1 Å². The molecule has 2 aromatic carbocycles. The van der Waals surface area contributed by atoms with Gasteiger partial charge in [0.2, 0.25) is 0 Å². The third-order valence-electron chi connectivity index (χ3n) is 4.92. The van der Waals surface area contributed by atoms with Gasteiger partial charge in [0, 0.05) is 12.5 Å². The lowest BCUT2D eigenvalue weighted by molar-refractivity contribution is 0.0799. The fourth-order valence-corrected chi connectivity index (χ4v) is 3.58.